The van der Waals surface area contributed by atoms with E-state index < -0.39 is 11.9 Å². The highest BCUT2D eigenvalue weighted by molar-refractivity contribution is 5.97. The molecule has 0 saturated heterocycles. The van der Waals surface area contributed by atoms with Crippen LogP contribution in [0, 0.1) is 11.2 Å². The first-order valence-electron chi connectivity index (χ1n) is 5.53. The van der Waals surface area contributed by atoms with Gasteiger partial charge in [0.25, 0.3) is 0 Å². The van der Waals surface area contributed by atoms with E-state index in [0.717, 1.165) is 0 Å². The molecule has 0 spiro atoms. The van der Waals surface area contributed by atoms with Gasteiger partial charge in [0.2, 0.25) is 5.91 Å². The lowest BCUT2D eigenvalue weighted by molar-refractivity contribution is -0.121. The molecule has 1 atom stereocenters. The summed E-state index contributed by atoms with van der Waals surface area (Å²) in [5.74, 6) is -0.716. The molecule has 4 heteroatoms. The number of benzene rings is 1. The Bertz CT molecular complexity index is 412. The Hall–Kier alpha value is -1.42. The lowest BCUT2D eigenvalue weighted by Gasteiger charge is -2.30. The van der Waals surface area contributed by atoms with E-state index in [1.807, 2.05) is 20.8 Å². The average Bonchev–Trinajstić information content (AvgIpc) is 2.25. The average molecular weight is 238 g/mol. The van der Waals surface area contributed by atoms with Crippen molar-refractivity contribution in [3.05, 3.63) is 30.1 Å². The summed E-state index contributed by atoms with van der Waals surface area (Å²) in [5, 5.41) is 0. The number of carbonyl (C=O) groups is 1. The second-order valence-corrected chi connectivity index (χ2v) is 5.19. The van der Waals surface area contributed by atoms with E-state index in [9.17, 15) is 9.18 Å². The molecular weight excluding hydrogens is 219 g/mol. The summed E-state index contributed by atoms with van der Waals surface area (Å²) in [7, 11) is 1.53. The number of carbonyl (C=O) groups excluding carboxylic acids is 1. The summed E-state index contributed by atoms with van der Waals surface area (Å²) in [5.41, 5.74) is 5.77. The summed E-state index contributed by atoms with van der Waals surface area (Å²) >= 11 is 0. The smallest absolute Gasteiger partial charge is 0.244 e. The zero-order chi connectivity index (χ0) is 13.2. The molecule has 0 aliphatic heterocycles. The minimum atomic E-state index is -0.660. The number of rotatable bonds is 2. The highest BCUT2D eigenvalue weighted by Gasteiger charge is 2.30. The van der Waals surface area contributed by atoms with Crippen molar-refractivity contribution in [1.29, 1.82) is 0 Å². The molecule has 0 aromatic heterocycles. The molecule has 1 aromatic rings. The molecule has 0 saturated carbocycles. The molecule has 1 amide bonds. The third-order valence-electron chi connectivity index (χ3n) is 2.74. The van der Waals surface area contributed by atoms with E-state index in [1.165, 1.54) is 18.0 Å². The number of hydrogen-bond donors (Lipinski definition) is 1. The number of nitrogens with two attached hydrogens (primary N) is 1. The largest absolute Gasteiger partial charge is 0.319 e. The van der Waals surface area contributed by atoms with Crippen molar-refractivity contribution < 1.29 is 9.18 Å². The topological polar surface area (TPSA) is 46.3 Å². The van der Waals surface area contributed by atoms with Gasteiger partial charge in [0.05, 0.1) is 11.7 Å². The van der Waals surface area contributed by atoms with E-state index in [2.05, 4.69) is 0 Å². The second kappa shape index (κ2) is 4.84. The lowest BCUT2D eigenvalue weighted by atomic mass is 9.86. The number of hydrogen-bond acceptors (Lipinski definition) is 2. The molecule has 0 fully saturated rings. The first kappa shape index (κ1) is 13.6. The minimum absolute atomic E-state index is 0.247. The van der Waals surface area contributed by atoms with Crippen molar-refractivity contribution in [1.82, 2.24) is 0 Å². The molecule has 17 heavy (non-hydrogen) atoms. The van der Waals surface area contributed by atoms with Gasteiger partial charge in [-0.15, -0.1) is 0 Å². The van der Waals surface area contributed by atoms with Crippen molar-refractivity contribution in [2.45, 2.75) is 26.8 Å². The molecule has 0 aliphatic carbocycles. The Kier molecular flexibility index (Phi) is 3.88. The first-order valence-corrected chi connectivity index (χ1v) is 5.53. The third kappa shape index (κ3) is 3.03. The van der Waals surface area contributed by atoms with E-state index in [-0.39, 0.29) is 17.0 Å². The molecule has 0 heterocycles. The van der Waals surface area contributed by atoms with Crippen LogP contribution in [0.2, 0.25) is 0 Å². The Balaban J connectivity index is 2.95. The summed E-state index contributed by atoms with van der Waals surface area (Å²) in [6.45, 7) is 5.64. The Morgan fingerprint density at radius 1 is 1.35 bits per heavy atom. The summed E-state index contributed by atoms with van der Waals surface area (Å²) in [6.07, 6.45) is 0. The van der Waals surface area contributed by atoms with Gasteiger partial charge >= 0.3 is 0 Å². The van der Waals surface area contributed by atoms with Gasteiger partial charge < -0.3 is 10.6 Å². The first-order chi connectivity index (χ1) is 7.75. The maximum atomic E-state index is 13.5. The van der Waals surface area contributed by atoms with Crippen LogP contribution >= 0.6 is 0 Å². The van der Waals surface area contributed by atoms with Crippen LogP contribution in [0.1, 0.15) is 20.8 Å². The van der Waals surface area contributed by atoms with Crippen LogP contribution in [0.15, 0.2) is 24.3 Å². The number of para-hydroxylation sites is 1. The zero-order valence-corrected chi connectivity index (χ0v) is 10.7. The zero-order valence-electron chi connectivity index (χ0n) is 10.7. The van der Waals surface area contributed by atoms with E-state index >= 15 is 0 Å². The normalized spacial score (nSPS) is 13.3. The van der Waals surface area contributed by atoms with Crippen molar-refractivity contribution >= 4 is 11.6 Å². The van der Waals surface area contributed by atoms with Gasteiger partial charge in [-0.05, 0) is 17.5 Å². The Labute approximate surface area is 101 Å². The number of halogens is 1. The van der Waals surface area contributed by atoms with E-state index in [0.29, 0.717) is 0 Å². The van der Waals surface area contributed by atoms with Gasteiger partial charge in [-0.1, -0.05) is 32.9 Å². The van der Waals surface area contributed by atoms with Crippen LogP contribution in [0.4, 0.5) is 10.1 Å². The molecule has 0 bridgehead atoms. The summed E-state index contributed by atoms with van der Waals surface area (Å²) < 4.78 is 13.5. The van der Waals surface area contributed by atoms with Gasteiger partial charge in [0.15, 0.2) is 0 Å². The van der Waals surface area contributed by atoms with Gasteiger partial charge in [-0.2, -0.15) is 0 Å². The fraction of sp³-hybridized carbons (Fsp3) is 0.462. The number of likely N-dealkylation sites (N-methyl/N-ethyl adjacent to an activating group) is 1. The standard InChI is InChI=1S/C13H19FN2O/c1-13(2,3)11(15)12(17)16(4)10-8-6-5-7-9(10)14/h5-8,11H,15H2,1-4H3. The predicted octanol–water partition coefficient (Wildman–Crippen LogP) is 2.16. The van der Waals surface area contributed by atoms with Crippen molar-refractivity contribution in [2.24, 2.45) is 11.1 Å². The van der Waals surface area contributed by atoms with Crippen molar-refractivity contribution in [2.75, 3.05) is 11.9 Å². The van der Waals surface area contributed by atoms with Crippen LogP contribution in [0.5, 0.6) is 0 Å². The summed E-state index contributed by atoms with van der Waals surface area (Å²) in [6, 6.07) is 5.49. The number of amides is 1. The highest BCUT2D eigenvalue weighted by Crippen LogP contribution is 2.23. The quantitative estimate of drug-likeness (QED) is 0.858. The monoisotopic (exact) mass is 238 g/mol. The molecule has 1 rings (SSSR count). The van der Waals surface area contributed by atoms with Crippen LogP contribution < -0.4 is 10.6 Å². The molecule has 0 radical (unpaired) electrons. The van der Waals surface area contributed by atoms with Gasteiger partial charge in [-0.3, -0.25) is 4.79 Å². The van der Waals surface area contributed by atoms with Crippen molar-refractivity contribution in [3.8, 4) is 0 Å². The van der Waals surface area contributed by atoms with E-state index in [4.69, 9.17) is 5.73 Å². The molecular formula is C13H19FN2O. The number of nitrogens with zero attached hydrogens (tertiary/aromatic N) is 1. The van der Waals surface area contributed by atoms with Crippen LogP contribution in [-0.4, -0.2) is 19.0 Å². The minimum Gasteiger partial charge on any atom is -0.319 e. The third-order valence-corrected chi connectivity index (χ3v) is 2.74. The molecule has 1 unspecified atom stereocenters. The molecule has 3 nitrogen and oxygen atoms in total. The maximum Gasteiger partial charge on any atom is 0.244 e. The maximum absolute atomic E-state index is 13.5. The van der Waals surface area contributed by atoms with Crippen LogP contribution in [0.25, 0.3) is 0 Å². The van der Waals surface area contributed by atoms with Gasteiger partial charge in [0, 0.05) is 7.05 Å². The molecule has 0 aliphatic rings. The Morgan fingerprint density at radius 3 is 2.35 bits per heavy atom. The van der Waals surface area contributed by atoms with Gasteiger partial charge in [0.1, 0.15) is 5.82 Å². The number of anilines is 1. The van der Waals surface area contributed by atoms with Crippen LogP contribution in [-0.2, 0) is 4.79 Å². The highest BCUT2D eigenvalue weighted by atomic mass is 19.1. The Morgan fingerprint density at radius 2 is 1.88 bits per heavy atom. The van der Waals surface area contributed by atoms with Crippen molar-refractivity contribution in [3.63, 3.8) is 0 Å². The van der Waals surface area contributed by atoms with E-state index in [1.54, 1.807) is 18.2 Å². The molecule has 1 aromatic carbocycles. The summed E-state index contributed by atoms with van der Waals surface area (Å²) in [4.78, 5) is 13.3. The SMILES string of the molecule is CN(C(=O)C(N)C(C)(C)C)c1ccccc1F. The van der Waals surface area contributed by atoms with Crippen LogP contribution in [0.3, 0.4) is 0 Å². The lowest BCUT2D eigenvalue weighted by Crippen LogP contribution is -2.49. The van der Waals surface area contributed by atoms with Gasteiger partial charge in [-0.25, -0.2) is 4.39 Å². The fourth-order valence-electron chi connectivity index (χ4n) is 1.42. The molecule has 2 N–H and O–H groups in total. The predicted molar refractivity (Wildman–Crippen MR) is 67.2 cm³/mol. The second-order valence-electron chi connectivity index (χ2n) is 5.19. The fourth-order valence-corrected chi connectivity index (χ4v) is 1.42. The molecule has 94 valence electrons.